The maximum absolute atomic E-state index is 13.6. The van der Waals surface area contributed by atoms with Gasteiger partial charge in [0.1, 0.15) is 23.5 Å². The highest BCUT2D eigenvalue weighted by molar-refractivity contribution is 5.94. The number of H-pyrrole nitrogens is 1. The summed E-state index contributed by atoms with van der Waals surface area (Å²) in [5, 5.41) is 19.3. The van der Waals surface area contributed by atoms with Gasteiger partial charge in [0.05, 0.1) is 11.2 Å². The Morgan fingerprint density at radius 3 is 2.71 bits per heavy atom. The molecule has 10 heteroatoms. The summed E-state index contributed by atoms with van der Waals surface area (Å²) in [6, 6.07) is 8.96. The van der Waals surface area contributed by atoms with Gasteiger partial charge in [0, 0.05) is 30.5 Å². The van der Waals surface area contributed by atoms with E-state index in [1.165, 1.54) is 6.42 Å². The molecule has 0 bridgehead atoms. The van der Waals surface area contributed by atoms with Crippen LogP contribution in [0, 0.1) is 5.92 Å². The summed E-state index contributed by atoms with van der Waals surface area (Å²) in [4.78, 5) is 3.87. The van der Waals surface area contributed by atoms with Crippen LogP contribution in [-0.4, -0.2) is 36.5 Å². The van der Waals surface area contributed by atoms with Crippen LogP contribution in [0.15, 0.2) is 36.7 Å². The number of hydrogen-bond acceptors (Lipinski definition) is 5. The zero-order valence-electron chi connectivity index (χ0n) is 19.0. The summed E-state index contributed by atoms with van der Waals surface area (Å²) in [5.41, 5.74) is 2.19. The molecule has 0 saturated heterocycles. The molecule has 4 aromatic rings. The number of hydrogen-bond donors (Lipinski definition) is 2. The summed E-state index contributed by atoms with van der Waals surface area (Å²) in [5.74, 6) is 1.43. The lowest BCUT2D eigenvalue weighted by molar-refractivity contribution is -0.141. The average molecular weight is 470 g/mol. The molecule has 3 aromatic heterocycles. The van der Waals surface area contributed by atoms with E-state index in [-0.39, 0.29) is 12.5 Å². The normalized spacial score (nSPS) is 15.6. The second-order valence-electron chi connectivity index (χ2n) is 8.82. The molecule has 1 atom stereocenters. The van der Waals surface area contributed by atoms with Crippen LogP contribution in [-0.2, 0) is 19.8 Å². The maximum atomic E-state index is 13.6. The molecule has 3 heterocycles. The van der Waals surface area contributed by atoms with E-state index in [4.69, 9.17) is 0 Å². The number of halogens is 3. The van der Waals surface area contributed by atoms with Crippen molar-refractivity contribution in [3.05, 3.63) is 59.4 Å². The number of fused-ring (bicyclic) bond motifs is 1. The molecule has 34 heavy (non-hydrogen) atoms. The molecule has 1 aromatic carbocycles. The van der Waals surface area contributed by atoms with Gasteiger partial charge in [0.25, 0.3) is 0 Å². The van der Waals surface area contributed by atoms with Crippen LogP contribution in [0.2, 0.25) is 0 Å². The maximum Gasteiger partial charge on any atom is 0.433 e. The molecule has 0 spiro atoms. The Hall–Kier alpha value is -3.27. The Bertz CT molecular complexity index is 1300. The smallest absolute Gasteiger partial charge is 0.320 e. The first-order valence-electron chi connectivity index (χ1n) is 11.5. The molecule has 1 saturated carbocycles. The van der Waals surface area contributed by atoms with E-state index in [9.17, 15) is 13.2 Å². The fourth-order valence-corrected chi connectivity index (χ4v) is 4.68. The Kier molecular flexibility index (Phi) is 5.85. The van der Waals surface area contributed by atoms with Crippen LogP contribution in [0.4, 0.5) is 13.2 Å². The zero-order chi connectivity index (χ0) is 23.9. The Morgan fingerprint density at radius 2 is 2.06 bits per heavy atom. The second kappa shape index (κ2) is 8.83. The molecule has 1 aliphatic rings. The number of nitrogens with zero attached hydrogens (tertiary/aromatic N) is 5. The predicted octanol–water partition coefficient (Wildman–Crippen LogP) is 4.81. The van der Waals surface area contributed by atoms with Gasteiger partial charge in [-0.05, 0) is 43.0 Å². The lowest BCUT2D eigenvalue weighted by Crippen LogP contribution is -2.24. The third-order valence-corrected chi connectivity index (χ3v) is 6.63. The Balaban J connectivity index is 1.62. The molecule has 178 valence electrons. The minimum Gasteiger partial charge on any atom is -0.320 e. The summed E-state index contributed by atoms with van der Waals surface area (Å²) in [6.45, 7) is 2.73. The van der Waals surface area contributed by atoms with E-state index < -0.39 is 11.9 Å². The van der Waals surface area contributed by atoms with E-state index in [0.29, 0.717) is 34.8 Å². The largest absolute Gasteiger partial charge is 0.433 e. The van der Waals surface area contributed by atoms with Crippen LogP contribution in [0.1, 0.15) is 54.9 Å². The number of rotatable bonds is 7. The van der Waals surface area contributed by atoms with Gasteiger partial charge < -0.3 is 9.88 Å². The van der Waals surface area contributed by atoms with Gasteiger partial charge in [0.15, 0.2) is 0 Å². The minimum absolute atomic E-state index is 0.0723. The van der Waals surface area contributed by atoms with Gasteiger partial charge in [-0.2, -0.15) is 18.3 Å². The number of aryl methyl sites for hydroxylation is 1. The van der Waals surface area contributed by atoms with Crippen molar-refractivity contribution in [2.24, 2.45) is 13.0 Å². The van der Waals surface area contributed by atoms with E-state index in [1.54, 1.807) is 6.33 Å². The van der Waals surface area contributed by atoms with Gasteiger partial charge in [-0.15, -0.1) is 10.2 Å². The topological polar surface area (TPSA) is 84.3 Å². The number of nitrogens with one attached hydrogen (secondary N) is 2. The highest BCUT2D eigenvalue weighted by Crippen LogP contribution is 2.43. The van der Waals surface area contributed by atoms with Gasteiger partial charge >= 0.3 is 6.18 Å². The SMILES string of the molecule is CCNCc1nc(C(F)(F)F)cc2c(-c3cccc([C@H](c4nncn4C)C4CCC4)c3)n[nH]c12. The van der Waals surface area contributed by atoms with E-state index >= 15 is 0 Å². The van der Waals surface area contributed by atoms with E-state index in [2.05, 4.69) is 36.8 Å². The summed E-state index contributed by atoms with van der Waals surface area (Å²) >= 11 is 0. The summed E-state index contributed by atoms with van der Waals surface area (Å²) in [7, 11) is 1.93. The molecular weight excluding hydrogens is 443 g/mol. The first-order valence-corrected chi connectivity index (χ1v) is 11.5. The first-order chi connectivity index (χ1) is 16.4. The fraction of sp³-hybridized carbons (Fsp3) is 0.417. The van der Waals surface area contributed by atoms with Crippen LogP contribution in [0.3, 0.4) is 0 Å². The van der Waals surface area contributed by atoms with Gasteiger partial charge in [-0.25, -0.2) is 4.98 Å². The molecule has 5 rings (SSSR count). The van der Waals surface area contributed by atoms with Crippen molar-refractivity contribution in [3.8, 4) is 11.3 Å². The quantitative estimate of drug-likeness (QED) is 0.406. The summed E-state index contributed by atoms with van der Waals surface area (Å²) < 4.78 is 42.8. The number of pyridine rings is 1. The number of benzene rings is 1. The molecule has 1 aliphatic carbocycles. The molecule has 0 aliphatic heterocycles. The van der Waals surface area contributed by atoms with Crippen molar-refractivity contribution in [2.75, 3.05) is 6.54 Å². The van der Waals surface area contributed by atoms with Crippen molar-refractivity contribution in [1.29, 1.82) is 0 Å². The summed E-state index contributed by atoms with van der Waals surface area (Å²) in [6.07, 6.45) is 0.559. The molecule has 1 fully saturated rings. The number of aromatic amines is 1. The van der Waals surface area contributed by atoms with Crippen molar-refractivity contribution >= 4 is 10.9 Å². The van der Waals surface area contributed by atoms with Gasteiger partial charge in [0.2, 0.25) is 0 Å². The standard InChI is InChI=1S/C24H26F3N7/c1-3-28-12-18-22-17(11-19(30-18)24(25,26)27)21(31-32-22)16-9-5-8-15(10-16)20(14-6-4-7-14)23-33-29-13-34(23)2/h5,8-11,13-14,20,28H,3-4,6-7,12H2,1-2H3,(H,31,32)/t20-/m1/s1. The van der Waals surface area contributed by atoms with Crippen molar-refractivity contribution in [2.45, 2.75) is 44.8 Å². The molecule has 7 nitrogen and oxygen atoms in total. The predicted molar refractivity (Wildman–Crippen MR) is 122 cm³/mol. The van der Waals surface area contributed by atoms with Gasteiger partial charge in [-0.3, -0.25) is 5.10 Å². The van der Waals surface area contributed by atoms with Gasteiger partial charge in [-0.1, -0.05) is 31.5 Å². The number of aromatic nitrogens is 6. The van der Waals surface area contributed by atoms with Crippen LogP contribution >= 0.6 is 0 Å². The molecule has 0 unspecified atom stereocenters. The second-order valence-corrected chi connectivity index (χ2v) is 8.82. The van der Waals surface area contributed by atoms with E-state index in [1.807, 2.05) is 36.7 Å². The lowest BCUT2D eigenvalue weighted by atomic mass is 9.72. The minimum atomic E-state index is -4.55. The Morgan fingerprint density at radius 1 is 1.24 bits per heavy atom. The monoisotopic (exact) mass is 469 g/mol. The highest BCUT2D eigenvalue weighted by atomic mass is 19.4. The average Bonchev–Trinajstić information content (AvgIpc) is 3.40. The zero-order valence-corrected chi connectivity index (χ0v) is 19.0. The first kappa shape index (κ1) is 22.5. The van der Waals surface area contributed by atoms with Crippen molar-refractivity contribution < 1.29 is 13.2 Å². The van der Waals surface area contributed by atoms with Crippen molar-refractivity contribution in [3.63, 3.8) is 0 Å². The van der Waals surface area contributed by atoms with Crippen LogP contribution in [0.25, 0.3) is 22.2 Å². The van der Waals surface area contributed by atoms with E-state index in [0.717, 1.165) is 35.9 Å². The highest BCUT2D eigenvalue weighted by Gasteiger charge is 2.35. The van der Waals surface area contributed by atoms with Crippen molar-refractivity contribution in [1.82, 2.24) is 35.3 Å². The third kappa shape index (κ3) is 4.06. The Labute approximate surface area is 194 Å². The lowest BCUT2D eigenvalue weighted by Gasteiger charge is -2.33. The molecule has 2 N–H and O–H groups in total. The molecule has 0 radical (unpaired) electrons. The molecule has 0 amide bonds. The fourth-order valence-electron chi connectivity index (χ4n) is 4.68. The van der Waals surface area contributed by atoms with Crippen LogP contribution in [0.5, 0.6) is 0 Å². The molecular formula is C24H26F3N7. The number of alkyl halides is 3. The third-order valence-electron chi connectivity index (χ3n) is 6.63. The van der Waals surface area contributed by atoms with Crippen LogP contribution < -0.4 is 5.32 Å².